The predicted octanol–water partition coefficient (Wildman–Crippen LogP) is 3.64. The Morgan fingerprint density at radius 2 is 1.72 bits per heavy atom. The van der Waals surface area contributed by atoms with Crippen molar-refractivity contribution in [1.82, 2.24) is 14.9 Å². The lowest BCUT2D eigenvalue weighted by atomic mass is 10.1. The number of hydrogen-bond acceptors (Lipinski definition) is 7. The van der Waals surface area contributed by atoms with Crippen molar-refractivity contribution >= 4 is 17.5 Å². The van der Waals surface area contributed by atoms with Gasteiger partial charge in [-0.3, -0.25) is 10.1 Å². The van der Waals surface area contributed by atoms with Crippen molar-refractivity contribution in [2.75, 3.05) is 37.8 Å². The summed E-state index contributed by atoms with van der Waals surface area (Å²) in [4.78, 5) is 21.7. The largest absolute Gasteiger partial charge is 0.366 e. The smallest absolute Gasteiger partial charge is 0.269 e. The van der Waals surface area contributed by atoms with Crippen LogP contribution in [0.2, 0.25) is 0 Å². The van der Waals surface area contributed by atoms with Crippen LogP contribution in [0.3, 0.4) is 0 Å². The van der Waals surface area contributed by atoms with Crippen molar-refractivity contribution < 1.29 is 4.92 Å². The molecule has 0 saturated carbocycles. The number of likely N-dealkylation sites (N-methyl/N-ethyl adjacent to an activating group) is 1. The minimum atomic E-state index is -0.403. The number of rotatable bonds is 9. The van der Waals surface area contributed by atoms with Gasteiger partial charge in [-0.05, 0) is 19.7 Å². The van der Waals surface area contributed by atoms with Gasteiger partial charge >= 0.3 is 0 Å². The number of nitrogens with one attached hydrogen (secondary N) is 2. The number of hydrogen-bond donors (Lipinski definition) is 2. The van der Waals surface area contributed by atoms with Crippen LogP contribution in [0.4, 0.5) is 17.5 Å². The summed E-state index contributed by atoms with van der Waals surface area (Å²) in [5.41, 5.74) is 2.83. The monoisotopic (exact) mass is 392 g/mol. The quantitative estimate of drug-likeness (QED) is 0.424. The number of nitrogens with zero attached hydrogens (tertiary/aromatic N) is 4. The lowest BCUT2D eigenvalue weighted by molar-refractivity contribution is -0.384. The molecule has 2 aromatic carbocycles. The molecule has 0 aliphatic carbocycles. The molecule has 0 saturated heterocycles. The van der Waals surface area contributed by atoms with Crippen LogP contribution in [0, 0.1) is 10.1 Å². The standard InChI is InChI=1S/C21H24N6O2/c1-26(2)13-12-22-21-24-19(17-6-4-3-5-7-17)14-20(25-21)23-15-16-8-10-18(11-9-16)27(28)29/h3-11,14H,12-13,15H2,1-2H3,(H2,22,23,24,25). The molecule has 1 aromatic heterocycles. The number of non-ortho nitro benzene ring substituents is 1. The van der Waals surface area contributed by atoms with E-state index in [2.05, 4.69) is 25.5 Å². The van der Waals surface area contributed by atoms with E-state index in [1.165, 1.54) is 12.1 Å². The van der Waals surface area contributed by atoms with Crippen LogP contribution in [0.25, 0.3) is 11.3 Å². The zero-order chi connectivity index (χ0) is 20.6. The first-order valence-electron chi connectivity index (χ1n) is 9.31. The summed E-state index contributed by atoms with van der Waals surface area (Å²) < 4.78 is 0. The Hall–Kier alpha value is -3.52. The lowest BCUT2D eigenvalue weighted by Crippen LogP contribution is -2.21. The maximum Gasteiger partial charge on any atom is 0.269 e. The van der Waals surface area contributed by atoms with Gasteiger partial charge in [0.05, 0.1) is 10.6 Å². The van der Waals surface area contributed by atoms with E-state index in [9.17, 15) is 10.1 Å². The van der Waals surface area contributed by atoms with Gasteiger partial charge in [0, 0.05) is 43.4 Å². The molecule has 0 radical (unpaired) electrons. The highest BCUT2D eigenvalue weighted by Gasteiger charge is 2.08. The molecule has 150 valence electrons. The topological polar surface area (TPSA) is 96.2 Å². The maximum atomic E-state index is 10.8. The van der Waals surface area contributed by atoms with E-state index in [1.54, 1.807) is 12.1 Å². The SMILES string of the molecule is CN(C)CCNc1nc(NCc2ccc([N+](=O)[O-])cc2)cc(-c2ccccc2)n1. The predicted molar refractivity (Wildman–Crippen MR) is 115 cm³/mol. The summed E-state index contributed by atoms with van der Waals surface area (Å²) in [6.45, 7) is 2.10. The number of anilines is 2. The molecule has 0 fully saturated rings. The van der Waals surface area contributed by atoms with Crippen molar-refractivity contribution in [3.8, 4) is 11.3 Å². The van der Waals surface area contributed by atoms with E-state index in [0.29, 0.717) is 18.3 Å². The number of nitro benzene ring substituents is 1. The molecular weight excluding hydrogens is 368 g/mol. The fraction of sp³-hybridized carbons (Fsp3) is 0.238. The number of benzene rings is 2. The normalized spacial score (nSPS) is 10.7. The van der Waals surface area contributed by atoms with Crippen LogP contribution in [0.1, 0.15) is 5.56 Å². The van der Waals surface area contributed by atoms with Gasteiger partial charge in [-0.1, -0.05) is 42.5 Å². The zero-order valence-electron chi connectivity index (χ0n) is 16.5. The van der Waals surface area contributed by atoms with Gasteiger partial charge < -0.3 is 15.5 Å². The van der Waals surface area contributed by atoms with Crippen LogP contribution < -0.4 is 10.6 Å². The summed E-state index contributed by atoms with van der Waals surface area (Å²) in [5.74, 6) is 1.24. The Labute approximate surface area is 169 Å². The molecule has 0 atom stereocenters. The average molecular weight is 392 g/mol. The van der Waals surface area contributed by atoms with E-state index >= 15 is 0 Å². The fourth-order valence-corrected chi connectivity index (χ4v) is 2.69. The fourth-order valence-electron chi connectivity index (χ4n) is 2.69. The van der Waals surface area contributed by atoms with Crippen LogP contribution in [-0.2, 0) is 6.54 Å². The van der Waals surface area contributed by atoms with E-state index < -0.39 is 4.92 Å². The second kappa shape index (κ2) is 9.61. The molecule has 0 aliphatic rings. The molecule has 0 amide bonds. The lowest BCUT2D eigenvalue weighted by Gasteiger charge is -2.13. The van der Waals surface area contributed by atoms with E-state index in [4.69, 9.17) is 0 Å². The van der Waals surface area contributed by atoms with Gasteiger partial charge in [-0.15, -0.1) is 0 Å². The van der Waals surface area contributed by atoms with Gasteiger partial charge in [-0.25, -0.2) is 4.98 Å². The van der Waals surface area contributed by atoms with Crippen molar-refractivity contribution in [2.45, 2.75) is 6.54 Å². The second-order valence-electron chi connectivity index (χ2n) is 6.84. The van der Waals surface area contributed by atoms with Crippen LogP contribution in [0.5, 0.6) is 0 Å². The molecule has 8 heteroatoms. The summed E-state index contributed by atoms with van der Waals surface area (Å²) >= 11 is 0. The third-order valence-corrected chi connectivity index (χ3v) is 4.26. The highest BCUT2D eigenvalue weighted by Crippen LogP contribution is 2.22. The highest BCUT2D eigenvalue weighted by molar-refractivity contribution is 5.64. The Morgan fingerprint density at radius 1 is 1.00 bits per heavy atom. The third-order valence-electron chi connectivity index (χ3n) is 4.26. The second-order valence-corrected chi connectivity index (χ2v) is 6.84. The van der Waals surface area contributed by atoms with Gasteiger partial charge in [0.15, 0.2) is 0 Å². The molecule has 0 aliphatic heterocycles. The van der Waals surface area contributed by atoms with Gasteiger partial charge in [0.1, 0.15) is 5.82 Å². The molecule has 0 spiro atoms. The molecule has 3 rings (SSSR count). The minimum Gasteiger partial charge on any atom is -0.366 e. The Bertz CT molecular complexity index is 945. The summed E-state index contributed by atoms with van der Waals surface area (Å²) in [5, 5.41) is 17.3. The molecule has 8 nitrogen and oxygen atoms in total. The van der Waals surface area contributed by atoms with Crippen LogP contribution in [0.15, 0.2) is 60.7 Å². The van der Waals surface area contributed by atoms with Gasteiger partial charge in [0.2, 0.25) is 5.95 Å². The van der Waals surface area contributed by atoms with Gasteiger partial charge in [-0.2, -0.15) is 4.98 Å². The zero-order valence-corrected chi connectivity index (χ0v) is 16.5. The first-order chi connectivity index (χ1) is 14.0. The Morgan fingerprint density at radius 3 is 2.38 bits per heavy atom. The van der Waals surface area contributed by atoms with E-state index in [-0.39, 0.29) is 5.69 Å². The van der Waals surface area contributed by atoms with Crippen molar-refractivity contribution in [3.63, 3.8) is 0 Å². The summed E-state index contributed by atoms with van der Waals surface area (Å²) in [6, 6.07) is 18.3. The first-order valence-corrected chi connectivity index (χ1v) is 9.31. The van der Waals surface area contributed by atoms with E-state index in [0.717, 1.165) is 29.9 Å². The van der Waals surface area contributed by atoms with Crippen molar-refractivity contribution in [3.05, 3.63) is 76.3 Å². The Balaban J connectivity index is 1.77. The summed E-state index contributed by atoms with van der Waals surface area (Å²) in [7, 11) is 4.03. The molecule has 3 aromatic rings. The average Bonchev–Trinajstić information content (AvgIpc) is 2.73. The molecule has 2 N–H and O–H groups in total. The molecule has 1 heterocycles. The summed E-state index contributed by atoms with van der Waals surface area (Å²) in [6.07, 6.45) is 0. The van der Waals surface area contributed by atoms with Crippen LogP contribution in [-0.4, -0.2) is 47.0 Å². The molecule has 0 bridgehead atoms. The number of aromatic nitrogens is 2. The molecular formula is C21H24N6O2. The minimum absolute atomic E-state index is 0.0783. The molecule has 0 unspecified atom stereocenters. The maximum absolute atomic E-state index is 10.8. The van der Waals surface area contributed by atoms with E-state index in [1.807, 2.05) is 50.5 Å². The first kappa shape index (κ1) is 20.2. The van der Waals surface area contributed by atoms with Crippen molar-refractivity contribution in [1.29, 1.82) is 0 Å². The van der Waals surface area contributed by atoms with Crippen molar-refractivity contribution in [2.24, 2.45) is 0 Å². The number of nitro groups is 1. The highest BCUT2D eigenvalue weighted by atomic mass is 16.6. The van der Waals surface area contributed by atoms with Crippen LogP contribution >= 0.6 is 0 Å². The van der Waals surface area contributed by atoms with Gasteiger partial charge in [0.25, 0.3) is 5.69 Å². The Kier molecular flexibility index (Phi) is 6.70. The third kappa shape index (κ3) is 5.98. The molecule has 29 heavy (non-hydrogen) atoms.